The Bertz CT molecular complexity index is 1240. The molecule has 0 saturated heterocycles. The first kappa shape index (κ1) is 22.3. The molecule has 1 aliphatic rings. The van der Waals surface area contributed by atoms with E-state index in [4.69, 9.17) is 4.74 Å². The zero-order valence-corrected chi connectivity index (χ0v) is 19.4. The van der Waals surface area contributed by atoms with Crippen LogP contribution in [0, 0.1) is 13.8 Å². The van der Waals surface area contributed by atoms with E-state index in [9.17, 15) is 9.59 Å². The van der Waals surface area contributed by atoms with Gasteiger partial charge in [-0.3, -0.25) is 9.59 Å². The van der Waals surface area contributed by atoms with Crippen molar-refractivity contribution in [1.29, 1.82) is 0 Å². The molecule has 3 aromatic carbocycles. The predicted octanol–water partition coefficient (Wildman–Crippen LogP) is 5.66. The number of carbonyl (C=O) groups is 2. The number of hydrogen-bond acceptors (Lipinski definition) is 4. The molecule has 0 fully saturated rings. The van der Waals surface area contributed by atoms with Crippen molar-refractivity contribution in [2.75, 3.05) is 16.8 Å². The topological polar surface area (TPSA) is 58.6 Å². The molecule has 3 aromatic rings. The number of amides is 2. The fourth-order valence-electron chi connectivity index (χ4n) is 4.10. The molecule has 0 radical (unpaired) electrons. The average molecular weight is 441 g/mol. The summed E-state index contributed by atoms with van der Waals surface area (Å²) in [6, 6.07) is 20.9. The summed E-state index contributed by atoms with van der Waals surface area (Å²) in [5.74, 6) is -0.274. The highest BCUT2D eigenvalue weighted by atomic mass is 16.5. The van der Waals surface area contributed by atoms with E-state index in [1.165, 1.54) is 10.5 Å². The predicted molar refractivity (Wildman–Crippen MR) is 132 cm³/mol. The highest BCUT2D eigenvalue weighted by molar-refractivity contribution is 6.46. The summed E-state index contributed by atoms with van der Waals surface area (Å²) in [6.45, 7) is 8.36. The van der Waals surface area contributed by atoms with Crippen molar-refractivity contribution in [2.24, 2.45) is 0 Å². The largest absolute Gasteiger partial charge is 0.492 e. The van der Waals surface area contributed by atoms with E-state index in [0.29, 0.717) is 23.6 Å². The van der Waals surface area contributed by atoms with Crippen LogP contribution in [0.25, 0.3) is 5.57 Å². The van der Waals surface area contributed by atoms with Gasteiger partial charge in [-0.2, -0.15) is 0 Å². The number of nitrogens with one attached hydrogen (secondary N) is 1. The first-order chi connectivity index (χ1) is 15.9. The third-order valence-electron chi connectivity index (χ3n) is 5.77. The van der Waals surface area contributed by atoms with Gasteiger partial charge < -0.3 is 10.1 Å². The number of ether oxygens (including phenoxy) is 1. The fraction of sp³-hybridized carbons (Fsp3) is 0.214. The van der Waals surface area contributed by atoms with E-state index in [-0.39, 0.29) is 11.6 Å². The summed E-state index contributed by atoms with van der Waals surface area (Å²) in [5, 5.41) is 3.24. The Morgan fingerprint density at radius 3 is 2.27 bits per heavy atom. The van der Waals surface area contributed by atoms with Gasteiger partial charge in [0.05, 0.1) is 17.9 Å². The van der Waals surface area contributed by atoms with E-state index in [1.807, 2.05) is 69.3 Å². The number of carbonyl (C=O) groups excluding carboxylic acids is 2. The van der Waals surface area contributed by atoms with Crippen LogP contribution in [0.3, 0.4) is 0 Å². The van der Waals surface area contributed by atoms with Gasteiger partial charge in [-0.1, -0.05) is 55.0 Å². The average Bonchev–Trinajstić information content (AvgIpc) is 3.04. The molecule has 1 heterocycles. The lowest BCUT2D eigenvalue weighted by atomic mass is 9.97. The van der Waals surface area contributed by atoms with Crippen molar-refractivity contribution in [3.05, 3.63) is 94.7 Å². The van der Waals surface area contributed by atoms with Gasteiger partial charge in [-0.15, -0.1) is 0 Å². The highest BCUT2D eigenvalue weighted by Gasteiger charge is 2.41. The number of benzene rings is 3. The number of para-hydroxylation sites is 2. The molecule has 1 N–H and O–H groups in total. The lowest BCUT2D eigenvalue weighted by Gasteiger charge is -2.19. The van der Waals surface area contributed by atoms with Crippen molar-refractivity contribution in [1.82, 2.24) is 0 Å². The molecule has 1 aliphatic heterocycles. The van der Waals surface area contributed by atoms with Gasteiger partial charge in [-0.05, 0) is 68.1 Å². The van der Waals surface area contributed by atoms with Crippen molar-refractivity contribution in [3.8, 4) is 5.75 Å². The van der Waals surface area contributed by atoms with Gasteiger partial charge in [0, 0.05) is 5.69 Å². The fourth-order valence-corrected chi connectivity index (χ4v) is 4.10. The van der Waals surface area contributed by atoms with Crippen LogP contribution in [0.15, 0.2) is 72.4 Å². The van der Waals surface area contributed by atoms with E-state index in [0.717, 1.165) is 28.8 Å². The summed E-state index contributed by atoms with van der Waals surface area (Å²) >= 11 is 0. The number of rotatable bonds is 7. The minimum absolute atomic E-state index is 0.266. The van der Waals surface area contributed by atoms with E-state index < -0.39 is 5.91 Å². The first-order valence-corrected chi connectivity index (χ1v) is 11.2. The summed E-state index contributed by atoms with van der Waals surface area (Å²) < 4.78 is 5.72. The summed E-state index contributed by atoms with van der Waals surface area (Å²) in [7, 11) is 0. The molecule has 0 unspecified atom stereocenters. The molecule has 2 amide bonds. The highest BCUT2D eigenvalue weighted by Crippen LogP contribution is 2.38. The van der Waals surface area contributed by atoms with E-state index in [2.05, 4.69) is 12.2 Å². The number of aryl methyl sites for hydroxylation is 3. The molecule has 5 nitrogen and oxygen atoms in total. The second kappa shape index (κ2) is 9.33. The molecule has 0 aromatic heterocycles. The molecular weight excluding hydrogens is 412 g/mol. The third-order valence-corrected chi connectivity index (χ3v) is 5.77. The zero-order chi connectivity index (χ0) is 23.5. The van der Waals surface area contributed by atoms with Gasteiger partial charge in [-0.25, -0.2) is 4.90 Å². The maximum Gasteiger partial charge on any atom is 0.282 e. The van der Waals surface area contributed by atoms with Gasteiger partial charge in [0.15, 0.2) is 0 Å². The molecule has 5 heteroatoms. The van der Waals surface area contributed by atoms with Crippen molar-refractivity contribution in [3.63, 3.8) is 0 Å². The number of hydrogen-bond donors (Lipinski definition) is 1. The first-order valence-electron chi connectivity index (χ1n) is 11.2. The van der Waals surface area contributed by atoms with Gasteiger partial charge in [0.25, 0.3) is 11.8 Å². The molecule has 168 valence electrons. The smallest absolute Gasteiger partial charge is 0.282 e. The van der Waals surface area contributed by atoms with Crippen molar-refractivity contribution < 1.29 is 14.3 Å². The Labute approximate surface area is 194 Å². The van der Waals surface area contributed by atoms with Gasteiger partial charge in [0.2, 0.25) is 0 Å². The SMILES string of the molecule is CCOc1ccccc1N1C(=O)C(Nc2ccc(CC)cc2)=C(c2ccc(C)cc2C)C1=O. The van der Waals surface area contributed by atoms with Gasteiger partial charge >= 0.3 is 0 Å². The second-order valence-electron chi connectivity index (χ2n) is 8.09. The van der Waals surface area contributed by atoms with Crippen molar-refractivity contribution in [2.45, 2.75) is 34.1 Å². The van der Waals surface area contributed by atoms with Crippen LogP contribution >= 0.6 is 0 Å². The van der Waals surface area contributed by atoms with Crippen LogP contribution in [-0.2, 0) is 16.0 Å². The van der Waals surface area contributed by atoms with Crippen LogP contribution in [-0.4, -0.2) is 18.4 Å². The normalized spacial score (nSPS) is 13.6. The second-order valence-corrected chi connectivity index (χ2v) is 8.09. The molecule has 4 rings (SSSR count). The molecule has 0 spiro atoms. The molecule has 33 heavy (non-hydrogen) atoms. The number of anilines is 2. The summed E-state index contributed by atoms with van der Waals surface area (Å²) in [4.78, 5) is 28.7. The zero-order valence-electron chi connectivity index (χ0n) is 19.4. The Hall–Kier alpha value is -3.86. The van der Waals surface area contributed by atoms with Gasteiger partial charge in [0.1, 0.15) is 11.4 Å². The molecule has 0 bridgehead atoms. The Morgan fingerprint density at radius 1 is 0.879 bits per heavy atom. The van der Waals surface area contributed by atoms with Crippen LogP contribution in [0.5, 0.6) is 5.75 Å². The maximum absolute atomic E-state index is 13.8. The number of imide groups is 1. The quantitative estimate of drug-likeness (QED) is 0.482. The maximum atomic E-state index is 13.8. The Balaban J connectivity index is 1.84. The monoisotopic (exact) mass is 440 g/mol. The lowest BCUT2D eigenvalue weighted by Crippen LogP contribution is -2.32. The van der Waals surface area contributed by atoms with E-state index in [1.54, 1.807) is 18.2 Å². The van der Waals surface area contributed by atoms with Crippen LogP contribution in [0.1, 0.15) is 36.1 Å². The Morgan fingerprint density at radius 2 is 1.61 bits per heavy atom. The van der Waals surface area contributed by atoms with Crippen LogP contribution in [0.4, 0.5) is 11.4 Å². The van der Waals surface area contributed by atoms with E-state index >= 15 is 0 Å². The lowest BCUT2D eigenvalue weighted by molar-refractivity contribution is -0.120. The van der Waals surface area contributed by atoms with Crippen molar-refractivity contribution >= 4 is 28.8 Å². The third kappa shape index (κ3) is 4.27. The summed E-state index contributed by atoms with van der Waals surface area (Å²) in [6.07, 6.45) is 0.927. The molecular formula is C28H28N2O3. The number of nitrogens with zero attached hydrogens (tertiary/aromatic N) is 1. The molecule has 0 saturated carbocycles. The molecule has 0 aliphatic carbocycles. The minimum atomic E-state index is -0.401. The Kier molecular flexibility index (Phi) is 6.31. The molecule has 0 atom stereocenters. The minimum Gasteiger partial charge on any atom is -0.492 e. The van der Waals surface area contributed by atoms with Crippen LogP contribution in [0.2, 0.25) is 0 Å². The van der Waals surface area contributed by atoms with Crippen LogP contribution < -0.4 is 15.0 Å². The standard InChI is InChI=1S/C28H28N2O3/c1-5-20-12-14-21(15-13-20)29-26-25(22-16-11-18(3)17-19(22)4)27(31)30(28(26)32)23-9-7-8-10-24(23)33-6-2/h7-17,29H,5-6H2,1-4H3. The summed E-state index contributed by atoms with van der Waals surface area (Å²) in [5.41, 5.74) is 5.79.